The molecule has 1 aromatic heterocycles. The van der Waals surface area contributed by atoms with E-state index >= 15 is 0 Å². The maximum absolute atomic E-state index is 12.6. The Morgan fingerprint density at radius 1 is 1.07 bits per heavy atom. The number of thioether (sulfide) groups is 1. The van der Waals surface area contributed by atoms with Gasteiger partial charge in [0.25, 0.3) is 11.1 Å². The minimum Gasteiger partial charge on any atom is -0.268 e. The molecule has 2 heterocycles. The van der Waals surface area contributed by atoms with Gasteiger partial charge in [-0.1, -0.05) is 54.1 Å². The van der Waals surface area contributed by atoms with Crippen molar-refractivity contribution in [1.29, 1.82) is 0 Å². The summed E-state index contributed by atoms with van der Waals surface area (Å²) in [6.07, 6.45) is 1.69. The number of halogens is 1. The SMILES string of the molecule is O=C1S/C(=C/c2cccc(Cl)c2)C(=O)N1Cc1csc(-c2ccccc2)n1. The van der Waals surface area contributed by atoms with Crippen LogP contribution in [0.4, 0.5) is 4.79 Å². The van der Waals surface area contributed by atoms with Gasteiger partial charge >= 0.3 is 0 Å². The van der Waals surface area contributed by atoms with Crippen LogP contribution in [0.1, 0.15) is 11.3 Å². The van der Waals surface area contributed by atoms with Gasteiger partial charge in [-0.3, -0.25) is 14.5 Å². The molecular weight excluding hydrogens is 400 g/mol. The largest absolute Gasteiger partial charge is 0.293 e. The van der Waals surface area contributed by atoms with E-state index < -0.39 is 0 Å². The lowest BCUT2D eigenvalue weighted by Gasteiger charge is -2.10. The molecule has 0 atom stereocenters. The lowest BCUT2D eigenvalue weighted by molar-refractivity contribution is -0.123. The molecule has 0 unspecified atom stereocenters. The molecule has 0 aliphatic carbocycles. The summed E-state index contributed by atoms with van der Waals surface area (Å²) in [6, 6.07) is 17.0. The van der Waals surface area contributed by atoms with Crippen molar-refractivity contribution in [3.8, 4) is 10.6 Å². The van der Waals surface area contributed by atoms with Crippen molar-refractivity contribution in [1.82, 2.24) is 9.88 Å². The molecule has 4 nitrogen and oxygen atoms in total. The van der Waals surface area contributed by atoms with Crippen LogP contribution in [-0.2, 0) is 11.3 Å². The summed E-state index contributed by atoms with van der Waals surface area (Å²) in [5.74, 6) is -0.306. The van der Waals surface area contributed by atoms with Crippen LogP contribution < -0.4 is 0 Å². The smallest absolute Gasteiger partial charge is 0.268 e. The molecule has 1 fully saturated rings. The van der Waals surface area contributed by atoms with Gasteiger partial charge < -0.3 is 0 Å². The third kappa shape index (κ3) is 3.98. The zero-order valence-corrected chi connectivity index (χ0v) is 16.4. The van der Waals surface area contributed by atoms with Crippen LogP contribution in [-0.4, -0.2) is 21.0 Å². The maximum Gasteiger partial charge on any atom is 0.293 e. The van der Waals surface area contributed by atoms with E-state index in [4.69, 9.17) is 11.6 Å². The predicted molar refractivity (Wildman–Crippen MR) is 111 cm³/mol. The summed E-state index contributed by atoms with van der Waals surface area (Å²) >= 11 is 8.41. The molecule has 2 amide bonds. The first kappa shape index (κ1) is 18.0. The highest BCUT2D eigenvalue weighted by molar-refractivity contribution is 8.18. The fourth-order valence-corrected chi connectivity index (χ4v) is 4.49. The van der Waals surface area contributed by atoms with E-state index in [-0.39, 0.29) is 17.7 Å². The van der Waals surface area contributed by atoms with E-state index in [9.17, 15) is 9.59 Å². The van der Waals surface area contributed by atoms with Crippen molar-refractivity contribution in [2.24, 2.45) is 0 Å². The Morgan fingerprint density at radius 2 is 1.89 bits per heavy atom. The summed E-state index contributed by atoms with van der Waals surface area (Å²) in [4.78, 5) is 31.1. The average molecular weight is 413 g/mol. The number of nitrogens with zero attached hydrogens (tertiary/aromatic N) is 2. The zero-order valence-electron chi connectivity index (χ0n) is 14.0. The maximum atomic E-state index is 12.6. The van der Waals surface area contributed by atoms with Crippen LogP contribution in [0.15, 0.2) is 64.9 Å². The highest BCUT2D eigenvalue weighted by Crippen LogP contribution is 2.34. The summed E-state index contributed by atoms with van der Waals surface area (Å²) < 4.78 is 0. The van der Waals surface area contributed by atoms with Gasteiger partial charge in [0.15, 0.2) is 0 Å². The number of hydrogen-bond donors (Lipinski definition) is 0. The number of thiazole rings is 1. The van der Waals surface area contributed by atoms with Crippen LogP contribution >= 0.6 is 34.7 Å². The first-order valence-corrected chi connectivity index (χ1v) is 10.2. The molecule has 1 aliphatic heterocycles. The summed E-state index contributed by atoms with van der Waals surface area (Å²) in [5.41, 5.74) is 2.50. The molecule has 134 valence electrons. The summed E-state index contributed by atoms with van der Waals surface area (Å²) in [6.45, 7) is 0.168. The van der Waals surface area contributed by atoms with E-state index in [0.29, 0.717) is 15.6 Å². The van der Waals surface area contributed by atoms with Crippen LogP contribution in [0.2, 0.25) is 5.02 Å². The quantitative estimate of drug-likeness (QED) is 0.516. The minimum atomic E-state index is -0.306. The summed E-state index contributed by atoms with van der Waals surface area (Å²) in [7, 11) is 0. The molecule has 0 spiro atoms. The summed E-state index contributed by atoms with van der Waals surface area (Å²) in [5, 5.41) is 3.04. The predicted octanol–water partition coefficient (Wildman–Crippen LogP) is 5.70. The number of benzene rings is 2. The number of amides is 2. The Hall–Kier alpha value is -2.41. The molecule has 0 N–H and O–H groups in total. The molecule has 0 bridgehead atoms. The monoisotopic (exact) mass is 412 g/mol. The highest BCUT2D eigenvalue weighted by Gasteiger charge is 2.35. The topological polar surface area (TPSA) is 50.3 Å². The second-order valence-electron chi connectivity index (χ2n) is 5.83. The van der Waals surface area contributed by atoms with Gasteiger partial charge in [0, 0.05) is 16.0 Å². The van der Waals surface area contributed by atoms with E-state index in [1.165, 1.54) is 16.2 Å². The van der Waals surface area contributed by atoms with Gasteiger partial charge in [-0.2, -0.15) is 0 Å². The number of hydrogen-bond acceptors (Lipinski definition) is 5. The van der Waals surface area contributed by atoms with Crippen LogP contribution in [0.3, 0.4) is 0 Å². The fraction of sp³-hybridized carbons (Fsp3) is 0.0500. The van der Waals surface area contributed by atoms with Crippen molar-refractivity contribution in [3.63, 3.8) is 0 Å². The van der Waals surface area contributed by atoms with Gasteiger partial charge in [-0.15, -0.1) is 11.3 Å². The van der Waals surface area contributed by atoms with E-state index in [1.54, 1.807) is 24.3 Å². The molecular formula is C20H13ClN2O2S2. The number of imide groups is 1. The Labute approximate surface area is 169 Å². The van der Waals surface area contributed by atoms with E-state index in [1.807, 2.05) is 41.8 Å². The zero-order chi connectivity index (χ0) is 18.8. The van der Waals surface area contributed by atoms with Gasteiger partial charge in [0.05, 0.1) is 17.1 Å². The Kier molecular flexibility index (Phi) is 5.11. The highest BCUT2D eigenvalue weighted by atomic mass is 35.5. The molecule has 1 saturated heterocycles. The van der Waals surface area contributed by atoms with Crippen molar-refractivity contribution < 1.29 is 9.59 Å². The molecule has 0 saturated carbocycles. The number of aromatic nitrogens is 1. The van der Waals surface area contributed by atoms with Crippen molar-refractivity contribution in [2.75, 3.05) is 0 Å². The second-order valence-corrected chi connectivity index (χ2v) is 8.12. The van der Waals surface area contributed by atoms with Crippen molar-refractivity contribution in [3.05, 3.63) is 81.2 Å². The van der Waals surface area contributed by atoms with E-state index in [0.717, 1.165) is 27.9 Å². The number of rotatable bonds is 4. The Bertz CT molecular complexity index is 1050. The molecule has 0 radical (unpaired) electrons. The van der Waals surface area contributed by atoms with Gasteiger partial charge in [0.2, 0.25) is 0 Å². The normalized spacial score (nSPS) is 15.7. The van der Waals surface area contributed by atoms with Crippen LogP contribution in [0.25, 0.3) is 16.6 Å². The minimum absolute atomic E-state index is 0.168. The van der Waals surface area contributed by atoms with E-state index in [2.05, 4.69) is 4.98 Å². The third-order valence-electron chi connectivity index (χ3n) is 3.91. The van der Waals surface area contributed by atoms with Crippen molar-refractivity contribution in [2.45, 2.75) is 6.54 Å². The average Bonchev–Trinajstić information content (AvgIpc) is 3.23. The van der Waals surface area contributed by atoms with Gasteiger partial charge in [0.1, 0.15) is 5.01 Å². The molecule has 2 aromatic carbocycles. The Balaban J connectivity index is 1.52. The van der Waals surface area contributed by atoms with Crippen molar-refractivity contribution >= 4 is 51.9 Å². The standard InChI is InChI=1S/C20H13ClN2O2S2/c21-15-8-4-5-13(9-15)10-17-19(24)23(20(25)27-17)11-16-12-26-18(22-16)14-6-2-1-3-7-14/h1-10,12H,11H2/b17-10+. The van der Waals surface area contributed by atoms with Crippen LogP contribution in [0.5, 0.6) is 0 Å². The molecule has 7 heteroatoms. The molecule has 27 heavy (non-hydrogen) atoms. The second kappa shape index (κ2) is 7.68. The lowest BCUT2D eigenvalue weighted by atomic mass is 10.2. The number of carbonyl (C=O) groups excluding carboxylic acids is 2. The first-order chi connectivity index (χ1) is 13.1. The fourth-order valence-electron chi connectivity index (χ4n) is 2.64. The third-order valence-corrected chi connectivity index (χ3v) is 6.00. The van der Waals surface area contributed by atoms with Gasteiger partial charge in [-0.25, -0.2) is 4.98 Å². The Morgan fingerprint density at radius 3 is 2.67 bits per heavy atom. The first-order valence-electron chi connectivity index (χ1n) is 8.11. The molecule has 3 aromatic rings. The lowest BCUT2D eigenvalue weighted by Crippen LogP contribution is -2.27. The molecule has 4 rings (SSSR count). The van der Waals surface area contributed by atoms with Gasteiger partial charge in [-0.05, 0) is 35.5 Å². The van der Waals surface area contributed by atoms with Crippen LogP contribution in [0, 0.1) is 0 Å². The molecule has 1 aliphatic rings. The number of carbonyl (C=O) groups is 2.